The van der Waals surface area contributed by atoms with Crippen LogP contribution in [-0.4, -0.2) is 21.1 Å². The Kier molecular flexibility index (Phi) is 3.39. The summed E-state index contributed by atoms with van der Waals surface area (Å²) in [5.41, 5.74) is 3.03. The molecule has 0 radical (unpaired) electrons. The highest BCUT2D eigenvalue weighted by molar-refractivity contribution is 7.18. The van der Waals surface area contributed by atoms with E-state index in [1.54, 1.807) is 22.2 Å². The summed E-state index contributed by atoms with van der Waals surface area (Å²) in [6.45, 7) is 2.19. The van der Waals surface area contributed by atoms with Gasteiger partial charge < -0.3 is 5.32 Å². The Morgan fingerprint density at radius 2 is 2.12 bits per heavy atom. The van der Waals surface area contributed by atoms with Crippen molar-refractivity contribution in [3.05, 3.63) is 69.2 Å². The molecule has 0 fully saturated rings. The Balaban J connectivity index is 1.60. The van der Waals surface area contributed by atoms with Crippen molar-refractivity contribution in [2.75, 3.05) is 6.54 Å². The number of hydrogen-bond acceptors (Lipinski definition) is 5. The van der Waals surface area contributed by atoms with Gasteiger partial charge in [-0.3, -0.25) is 14.3 Å². The number of benzene rings is 1. The average molecular weight is 348 g/mol. The summed E-state index contributed by atoms with van der Waals surface area (Å²) in [7, 11) is 0. The first kappa shape index (κ1) is 14.7. The summed E-state index contributed by atoms with van der Waals surface area (Å²) >= 11 is 1.63. The lowest BCUT2D eigenvalue weighted by Gasteiger charge is -2.12. The molecule has 4 heterocycles. The van der Waals surface area contributed by atoms with E-state index >= 15 is 0 Å². The van der Waals surface area contributed by atoms with Crippen molar-refractivity contribution in [3.8, 4) is 0 Å². The summed E-state index contributed by atoms with van der Waals surface area (Å²) in [6, 6.07) is 12.0. The fraction of sp³-hybridized carbons (Fsp3) is 0.211. The molecule has 5 rings (SSSR count). The van der Waals surface area contributed by atoms with Crippen LogP contribution in [0.5, 0.6) is 0 Å². The smallest absolute Gasteiger partial charge is 0.262 e. The van der Waals surface area contributed by atoms with Crippen LogP contribution in [0.1, 0.15) is 16.1 Å². The van der Waals surface area contributed by atoms with Gasteiger partial charge in [-0.15, -0.1) is 11.3 Å². The molecular formula is C19H16N4OS. The number of rotatable bonds is 2. The summed E-state index contributed by atoms with van der Waals surface area (Å²) in [6.07, 6.45) is 2.54. The van der Waals surface area contributed by atoms with Gasteiger partial charge in [0.15, 0.2) is 0 Å². The van der Waals surface area contributed by atoms with E-state index in [-0.39, 0.29) is 5.56 Å². The zero-order chi connectivity index (χ0) is 16.8. The van der Waals surface area contributed by atoms with E-state index in [0.29, 0.717) is 6.54 Å². The van der Waals surface area contributed by atoms with Gasteiger partial charge in [0.1, 0.15) is 4.83 Å². The quantitative estimate of drug-likeness (QED) is 0.605. The summed E-state index contributed by atoms with van der Waals surface area (Å²) < 4.78 is 1.68. The zero-order valence-corrected chi connectivity index (χ0v) is 14.3. The Bertz CT molecular complexity index is 1160. The Labute approximate surface area is 148 Å². The van der Waals surface area contributed by atoms with E-state index in [1.807, 2.05) is 36.4 Å². The van der Waals surface area contributed by atoms with Crippen LogP contribution >= 0.6 is 11.3 Å². The Hall–Kier alpha value is -2.57. The van der Waals surface area contributed by atoms with Crippen LogP contribution in [0.15, 0.2) is 47.5 Å². The van der Waals surface area contributed by atoms with Gasteiger partial charge in [-0.05, 0) is 30.7 Å². The van der Waals surface area contributed by atoms with Gasteiger partial charge in [0, 0.05) is 16.8 Å². The number of nitrogens with one attached hydrogen (secondary N) is 1. The van der Waals surface area contributed by atoms with E-state index in [1.165, 1.54) is 10.4 Å². The molecule has 3 aromatic heterocycles. The number of pyridine rings is 1. The van der Waals surface area contributed by atoms with Crippen molar-refractivity contribution < 1.29 is 0 Å². The summed E-state index contributed by atoms with van der Waals surface area (Å²) in [5, 5.41) is 5.26. The van der Waals surface area contributed by atoms with Gasteiger partial charge >= 0.3 is 0 Å². The average Bonchev–Trinajstić information content (AvgIpc) is 3.03. The number of thiophene rings is 1. The SMILES string of the molecule is O=c1c2c3c(sc2ncn1Cc1ccc2ccccc2n1)CNCC3. The highest BCUT2D eigenvalue weighted by atomic mass is 32.1. The van der Waals surface area contributed by atoms with E-state index in [2.05, 4.69) is 15.3 Å². The predicted molar refractivity (Wildman–Crippen MR) is 100 cm³/mol. The van der Waals surface area contributed by atoms with Crippen LogP contribution < -0.4 is 10.9 Å². The van der Waals surface area contributed by atoms with Gasteiger partial charge in [-0.25, -0.2) is 4.98 Å². The van der Waals surface area contributed by atoms with Crippen molar-refractivity contribution in [1.82, 2.24) is 19.9 Å². The molecule has 0 spiro atoms. The summed E-state index contributed by atoms with van der Waals surface area (Å²) in [5.74, 6) is 0. The van der Waals surface area contributed by atoms with E-state index < -0.39 is 0 Å². The fourth-order valence-corrected chi connectivity index (χ4v) is 4.58. The van der Waals surface area contributed by atoms with Crippen LogP contribution in [0.2, 0.25) is 0 Å². The van der Waals surface area contributed by atoms with Crippen molar-refractivity contribution in [2.45, 2.75) is 19.5 Å². The third-order valence-electron chi connectivity index (χ3n) is 4.69. The number of para-hydroxylation sites is 1. The molecule has 5 nitrogen and oxygen atoms in total. The first-order valence-electron chi connectivity index (χ1n) is 8.35. The second-order valence-corrected chi connectivity index (χ2v) is 7.37. The summed E-state index contributed by atoms with van der Waals surface area (Å²) in [4.78, 5) is 24.3. The molecule has 0 aliphatic carbocycles. The normalized spacial score (nSPS) is 14.1. The standard InChI is InChI=1S/C19H16N4OS/c24-19-17-14-7-8-20-9-16(14)25-18(17)21-11-23(19)10-13-6-5-12-3-1-2-4-15(12)22-13/h1-6,11,20H,7-10H2. The Morgan fingerprint density at radius 1 is 1.20 bits per heavy atom. The minimum Gasteiger partial charge on any atom is -0.312 e. The molecule has 1 N–H and O–H groups in total. The fourth-order valence-electron chi connectivity index (χ4n) is 3.43. The maximum atomic E-state index is 13.0. The molecule has 0 bridgehead atoms. The minimum absolute atomic E-state index is 0.0411. The molecule has 4 aromatic rings. The highest BCUT2D eigenvalue weighted by Gasteiger charge is 2.19. The number of hydrogen-bond donors (Lipinski definition) is 1. The molecule has 0 amide bonds. The molecule has 1 aliphatic heterocycles. The molecule has 0 atom stereocenters. The zero-order valence-electron chi connectivity index (χ0n) is 13.5. The van der Waals surface area contributed by atoms with Gasteiger partial charge in [-0.2, -0.15) is 0 Å². The Morgan fingerprint density at radius 3 is 3.08 bits per heavy atom. The third kappa shape index (κ3) is 2.45. The molecule has 6 heteroatoms. The van der Waals surface area contributed by atoms with Crippen molar-refractivity contribution in [3.63, 3.8) is 0 Å². The van der Waals surface area contributed by atoms with Crippen LogP contribution in [0.4, 0.5) is 0 Å². The molecule has 0 saturated heterocycles. The highest BCUT2D eigenvalue weighted by Crippen LogP contribution is 2.29. The monoisotopic (exact) mass is 348 g/mol. The second kappa shape index (κ2) is 5.75. The van der Waals surface area contributed by atoms with Crippen molar-refractivity contribution in [2.24, 2.45) is 0 Å². The lowest BCUT2D eigenvalue weighted by molar-refractivity contribution is 0.656. The van der Waals surface area contributed by atoms with Crippen molar-refractivity contribution in [1.29, 1.82) is 0 Å². The lowest BCUT2D eigenvalue weighted by Crippen LogP contribution is -2.25. The number of aromatic nitrogens is 3. The molecule has 0 unspecified atom stereocenters. The van der Waals surface area contributed by atoms with Crippen LogP contribution in [0.3, 0.4) is 0 Å². The third-order valence-corrected chi connectivity index (χ3v) is 5.83. The minimum atomic E-state index is 0.0411. The maximum absolute atomic E-state index is 13.0. The topological polar surface area (TPSA) is 59.8 Å². The van der Waals surface area contributed by atoms with E-state index in [9.17, 15) is 4.79 Å². The van der Waals surface area contributed by atoms with Crippen LogP contribution in [-0.2, 0) is 19.5 Å². The van der Waals surface area contributed by atoms with E-state index in [0.717, 1.165) is 46.3 Å². The van der Waals surface area contributed by atoms with Crippen LogP contribution in [0.25, 0.3) is 21.1 Å². The maximum Gasteiger partial charge on any atom is 0.262 e. The number of nitrogens with zero attached hydrogens (tertiary/aromatic N) is 3. The van der Waals surface area contributed by atoms with Crippen molar-refractivity contribution >= 4 is 32.5 Å². The molecular weight excluding hydrogens is 332 g/mol. The van der Waals surface area contributed by atoms with Gasteiger partial charge in [0.2, 0.25) is 0 Å². The second-order valence-electron chi connectivity index (χ2n) is 6.28. The molecule has 1 aromatic carbocycles. The lowest BCUT2D eigenvalue weighted by atomic mass is 10.1. The van der Waals surface area contributed by atoms with Crippen LogP contribution in [0, 0.1) is 0 Å². The van der Waals surface area contributed by atoms with E-state index in [4.69, 9.17) is 0 Å². The number of fused-ring (bicyclic) bond motifs is 4. The molecule has 25 heavy (non-hydrogen) atoms. The predicted octanol–water partition coefficient (Wildman–Crippen LogP) is 2.70. The largest absolute Gasteiger partial charge is 0.312 e. The molecule has 1 aliphatic rings. The molecule has 124 valence electrons. The molecule has 0 saturated carbocycles. The first-order chi connectivity index (χ1) is 12.3. The van der Waals surface area contributed by atoms with Gasteiger partial charge in [0.05, 0.1) is 29.5 Å². The van der Waals surface area contributed by atoms with Gasteiger partial charge in [-0.1, -0.05) is 24.3 Å². The van der Waals surface area contributed by atoms with Gasteiger partial charge in [0.25, 0.3) is 5.56 Å². The first-order valence-corrected chi connectivity index (χ1v) is 9.16.